The number of halogens is 2. The Morgan fingerprint density at radius 2 is 2.00 bits per heavy atom. The number of likely N-dealkylation sites (N-methyl/N-ethyl adjacent to an activating group) is 1. The van der Waals surface area contributed by atoms with Crippen molar-refractivity contribution < 1.29 is 23.5 Å². The quantitative estimate of drug-likeness (QED) is 0.870. The minimum absolute atomic E-state index is 0.000553. The molecule has 1 aliphatic heterocycles. The third-order valence-corrected chi connectivity index (χ3v) is 5.50. The molecular formula is C19H24F2N2O3. The van der Waals surface area contributed by atoms with Crippen LogP contribution >= 0.6 is 0 Å². The van der Waals surface area contributed by atoms with Crippen LogP contribution in [0.3, 0.4) is 0 Å². The number of rotatable bonds is 5. The molecule has 3 atom stereocenters. The zero-order valence-electron chi connectivity index (χ0n) is 14.8. The summed E-state index contributed by atoms with van der Waals surface area (Å²) >= 11 is 0. The highest BCUT2D eigenvalue weighted by molar-refractivity contribution is 5.83. The largest absolute Gasteiger partial charge is 0.480 e. The van der Waals surface area contributed by atoms with Gasteiger partial charge >= 0.3 is 5.97 Å². The minimum atomic E-state index is -0.875. The molecule has 1 aliphatic carbocycles. The van der Waals surface area contributed by atoms with E-state index in [9.17, 15) is 18.4 Å². The number of amides is 1. The molecule has 0 radical (unpaired) electrons. The summed E-state index contributed by atoms with van der Waals surface area (Å²) in [5.41, 5.74) is 0.677. The zero-order chi connectivity index (χ0) is 18.8. The van der Waals surface area contributed by atoms with E-state index in [1.54, 1.807) is 13.1 Å². The molecule has 1 aromatic carbocycles. The van der Waals surface area contributed by atoms with E-state index >= 15 is 0 Å². The lowest BCUT2D eigenvalue weighted by Crippen LogP contribution is -2.37. The van der Waals surface area contributed by atoms with Crippen molar-refractivity contribution in [2.24, 2.45) is 5.92 Å². The van der Waals surface area contributed by atoms with E-state index in [1.165, 1.54) is 6.07 Å². The summed E-state index contributed by atoms with van der Waals surface area (Å²) in [5.74, 6) is -2.72. The number of carbonyl (C=O) groups is 2. The van der Waals surface area contributed by atoms with Crippen LogP contribution < -0.4 is 0 Å². The van der Waals surface area contributed by atoms with Gasteiger partial charge in [-0.15, -0.1) is 0 Å². The Kier molecular flexibility index (Phi) is 5.55. The van der Waals surface area contributed by atoms with Gasteiger partial charge in [0.1, 0.15) is 0 Å². The van der Waals surface area contributed by atoms with Crippen molar-refractivity contribution in [3.63, 3.8) is 0 Å². The van der Waals surface area contributed by atoms with Gasteiger partial charge in [0.15, 0.2) is 11.6 Å². The fourth-order valence-corrected chi connectivity index (χ4v) is 3.90. The molecule has 0 bridgehead atoms. The average molecular weight is 366 g/mol. The van der Waals surface area contributed by atoms with Crippen molar-refractivity contribution in [3.05, 3.63) is 35.4 Å². The molecule has 2 aliphatic rings. The second-order valence-electron chi connectivity index (χ2n) is 7.34. The first-order valence-electron chi connectivity index (χ1n) is 9.02. The van der Waals surface area contributed by atoms with Crippen LogP contribution in [-0.2, 0) is 9.59 Å². The fraction of sp³-hybridized carbons (Fsp3) is 0.579. The van der Waals surface area contributed by atoms with Crippen LogP contribution in [0.5, 0.6) is 0 Å². The smallest absolute Gasteiger partial charge is 0.317 e. The van der Waals surface area contributed by atoms with E-state index in [0.717, 1.165) is 25.3 Å². The summed E-state index contributed by atoms with van der Waals surface area (Å²) in [6.07, 6.45) is 3.12. The van der Waals surface area contributed by atoms with Gasteiger partial charge in [0.2, 0.25) is 5.91 Å². The summed E-state index contributed by atoms with van der Waals surface area (Å²) in [5, 5.41) is 8.92. The van der Waals surface area contributed by atoms with Gasteiger partial charge in [0.05, 0.1) is 6.54 Å². The maximum atomic E-state index is 13.4. The molecule has 142 valence electrons. The normalized spacial score (nSPS) is 25.8. The highest BCUT2D eigenvalue weighted by atomic mass is 19.2. The topological polar surface area (TPSA) is 60.9 Å². The van der Waals surface area contributed by atoms with Crippen LogP contribution in [-0.4, -0.2) is 59.5 Å². The SMILES string of the molecule is CN(CC(=O)O)C1CCCN(C(=O)C2CC2c2ccc(F)c(F)c2)CC1. The first-order chi connectivity index (χ1) is 12.4. The third kappa shape index (κ3) is 4.20. The lowest BCUT2D eigenvalue weighted by molar-refractivity contribution is -0.138. The molecule has 0 aromatic heterocycles. The second kappa shape index (κ2) is 7.70. The molecule has 26 heavy (non-hydrogen) atoms. The summed E-state index contributed by atoms with van der Waals surface area (Å²) in [4.78, 5) is 27.3. The zero-order valence-corrected chi connectivity index (χ0v) is 14.8. The minimum Gasteiger partial charge on any atom is -0.480 e. The average Bonchev–Trinajstić information content (AvgIpc) is 3.39. The van der Waals surface area contributed by atoms with Crippen LogP contribution in [0, 0.1) is 17.6 Å². The van der Waals surface area contributed by atoms with E-state index < -0.39 is 17.6 Å². The Hall–Kier alpha value is -2.02. The van der Waals surface area contributed by atoms with Crippen LogP contribution in [0.1, 0.15) is 37.2 Å². The molecule has 1 N–H and O–H groups in total. The van der Waals surface area contributed by atoms with Gasteiger partial charge in [-0.1, -0.05) is 6.07 Å². The molecule has 1 aromatic rings. The number of carboxylic acid groups (broad SMARTS) is 1. The van der Waals surface area contributed by atoms with E-state index in [-0.39, 0.29) is 30.3 Å². The lowest BCUT2D eigenvalue weighted by Gasteiger charge is -2.25. The van der Waals surface area contributed by atoms with Gasteiger partial charge in [0, 0.05) is 25.0 Å². The maximum absolute atomic E-state index is 13.4. The molecular weight excluding hydrogens is 342 g/mol. The molecule has 0 spiro atoms. The van der Waals surface area contributed by atoms with E-state index in [2.05, 4.69) is 0 Å². The standard InChI is InChI=1S/C19H24F2N2O3/c1-22(11-18(24)25)13-3-2-7-23(8-6-13)19(26)15-10-14(15)12-4-5-16(20)17(21)9-12/h4-5,9,13-15H,2-3,6-8,10-11H2,1H3,(H,24,25). The molecule has 1 saturated heterocycles. The lowest BCUT2D eigenvalue weighted by atomic mass is 10.1. The van der Waals surface area contributed by atoms with Gasteiger partial charge in [-0.3, -0.25) is 14.5 Å². The molecule has 7 heteroatoms. The predicted octanol–water partition coefficient (Wildman–Crippen LogP) is 2.47. The first kappa shape index (κ1) is 18.8. The van der Waals surface area contributed by atoms with Gasteiger partial charge in [-0.25, -0.2) is 8.78 Å². The number of aliphatic carboxylic acids is 1. The number of hydrogen-bond donors (Lipinski definition) is 1. The molecule has 3 rings (SSSR count). The number of likely N-dealkylation sites (tertiary alicyclic amines) is 1. The van der Waals surface area contributed by atoms with Crippen LogP contribution in [0.15, 0.2) is 18.2 Å². The van der Waals surface area contributed by atoms with Crippen molar-refractivity contribution in [2.45, 2.75) is 37.6 Å². The Morgan fingerprint density at radius 3 is 2.69 bits per heavy atom. The Bertz CT molecular complexity index is 697. The van der Waals surface area contributed by atoms with Gasteiger partial charge < -0.3 is 10.0 Å². The van der Waals surface area contributed by atoms with Gasteiger partial charge in [-0.2, -0.15) is 0 Å². The van der Waals surface area contributed by atoms with Gasteiger partial charge in [0.25, 0.3) is 0 Å². The van der Waals surface area contributed by atoms with Crippen molar-refractivity contribution >= 4 is 11.9 Å². The summed E-state index contributed by atoms with van der Waals surface area (Å²) in [6.45, 7) is 1.27. The number of benzene rings is 1. The van der Waals surface area contributed by atoms with Crippen LogP contribution in [0.25, 0.3) is 0 Å². The van der Waals surface area contributed by atoms with Crippen molar-refractivity contribution in [3.8, 4) is 0 Å². The second-order valence-corrected chi connectivity index (χ2v) is 7.34. The Labute approximate surface area is 151 Å². The summed E-state index contributed by atoms with van der Waals surface area (Å²) < 4.78 is 26.5. The monoisotopic (exact) mass is 366 g/mol. The Morgan fingerprint density at radius 1 is 1.23 bits per heavy atom. The number of nitrogens with zero attached hydrogens (tertiary/aromatic N) is 2. The molecule has 1 amide bonds. The van der Waals surface area contributed by atoms with Crippen LogP contribution in [0.4, 0.5) is 8.78 Å². The van der Waals surface area contributed by atoms with Crippen molar-refractivity contribution in [1.82, 2.24) is 9.80 Å². The number of hydrogen-bond acceptors (Lipinski definition) is 3. The fourth-order valence-electron chi connectivity index (χ4n) is 3.90. The number of carboxylic acids is 1. The van der Waals surface area contributed by atoms with Gasteiger partial charge in [-0.05, 0) is 56.3 Å². The number of carbonyl (C=O) groups excluding carboxylic acids is 1. The van der Waals surface area contributed by atoms with Crippen molar-refractivity contribution in [1.29, 1.82) is 0 Å². The van der Waals surface area contributed by atoms with Crippen LogP contribution in [0.2, 0.25) is 0 Å². The molecule has 5 nitrogen and oxygen atoms in total. The summed E-state index contributed by atoms with van der Waals surface area (Å²) in [7, 11) is 1.80. The Balaban J connectivity index is 1.56. The van der Waals surface area contributed by atoms with E-state index in [4.69, 9.17) is 5.11 Å². The first-order valence-corrected chi connectivity index (χ1v) is 9.02. The summed E-state index contributed by atoms with van der Waals surface area (Å²) in [6, 6.07) is 4.01. The van der Waals surface area contributed by atoms with E-state index in [1.807, 2.05) is 9.80 Å². The molecule has 2 fully saturated rings. The third-order valence-electron chi connectivity index (χ3n) is 5.50. The van der Waals surface area contributed by atoms with Crippen molar-refractivity contribution in [2.75, 3.05) is 26.7 Å². The molecule has 1 saturated carbocycles. The predicted molar refractivity (Wildman–Crippen MR) is 91.7 cm³/mol. The maximum Gasteiger partial charge on any atom is 0.317 e. The molecule has 1 heterocycles. The highest BCUT2D eigenvalue weighted by Crippen LogP contribution is 2.48. The molecule has 3 unspecified atom stereocenters. The van der Waals surface area contributed by atoms with E-state index in [0.29, 0.717) is 25.1 Å². The highest BCUT2D eigenvalue weighted by Gasteiger charge is 2.46.